The van der Waals surface area contributed by atoms with Gasteiger partial charge in [-0.2, -0.15) is 0 Å². The first kappa shape index (κ1) is 11.2. The van der Waals surface area contributed by atoms with E-state index in [1.54, 1.807) is 0 Å². The van der Waals surface area contributed by atoms with Crippen molar-refractivity contribution in [2.45, 2.75) is 31.8 Å². The van der Waals surface area contributed by atoms with E-state index in [4.69, 9.17) is 0 Å². The van der Waals surface area contributed by atoms with E-state index >= 15 is 0 Å². The molecule has 1 aliphatic heterocycles. The van der Waals surface area contributed by atoms with Crippen LogP contribution in [0.5, 0.6) is 0 Å². The summed E-state index contributed by atoms with van der Waals surface area (Å²) in [7, 11) is 0. The number of rotatable bonds is 2. The van der Waals surface area contributed by atoms with Crippen LogP contribution in [-0.4, -0.2) is 22.1 Å². The molecular weight excluding hydrogens is 278 g/mol. The van der Waals surface area contributed by atoms with Gasteiger partial charge in [-0.25, -0.2) is 4.98 Å². The molecule has 1 atom stereocenters. The smallest absolute Gasteiger partial charge is 0.140 e. The molecule has 1 unspecified atom stereocenters. The number of piperidine rings is 1. The number of pyridine rings is 1. The second-order valence-electron chi connectivity index (χ2n) is 4.64. The summed E-state index contributed by atoms with van der Waals surface area (Å²) in [6.07, 6.45) is 5.77. The van der Waals surface area contributed by atoms with Gasteiger partial charge in [-0.05, 0) is 53.5 Å². The van der Waals surface area contributed by atoms with Gasteiger partial charge in [0.15, 0.2) is 0 Å². The van der Waals surface area contributed by atoms with E-state index in [9.17, 15) is 0 Å². The van der Waals surface area contributed by atoms with Gasteiger partial charge in [0.2, 0.25) is 0 Å². The largest absolute Gasteiger partial charge is 0.318 e. The zero-order valence-electron chi connectivity index (χ0n) is 9.69. The highest BCUT2D eigenvalue weighted by molar-refractivity contribution is 9.10. The Hall–Kier alpha value is -0.870. The van der Waals surface area contributed by atoms with Crippen LogP contribution in [0.2, 0.25) is 0 Å². The highest BCUT2D eigenvalue weighted by Gasteiger charge is 2.16. The Balaban J connectivity index is 1.90. The van der Waals surface area contributed by atoms with Crippen molar-refractivity contribution in [3.05, 3.63) is 29.0 Å². The molecule has 0 aliphatic carbocycles. The van der Waals surface area contributed by atoms with Crippen molar-refractivity contribution >= 4 is 27.0 Å². The summed E-state index contributed by atoms with van der Waals surface area (Å²) in [5, 5.41) is 4.78. The summed E-state index contributed by atoms with van der Waals surface area (Å²) < 4.78 is 3.39. The van der Waals surface area contributed by atoms with Gasteiger partial charge >= 0.3 is 0 Å². The van der Waals surface area contributed by atoms with Crippen molar-refractivity contribution in [2.75, 3.05) is 6.54 Å². The molecule has 0 saturated carbocycles. The monoisotopic (exact) mass is 293 g/mol. The SMILES string of the molecule is Brc1cc2cccnc2n1CC1CCCCN1. The van der Waals surface area contributed by atoms with E-state index < -0.39 is 0 Å². The Morgan fingerprint density at radius 3 is 3.24 bits per heavy atom. The molecule has 3 rings (SSSR count). The number of halogens is 1. The van der Waals surface area contributed by atoms with E-state index in [0.29, 0.717) is 6.04 Å². The molecule has 17 heavy (non-hydrogen) atoms. The van der Waals surface area contributed by atoms with E-state index in [-0.39, 0.29) is 0 Å². The highest BCUT2D eigenvalue weighted by atomic mass is 79.9. The third-order valence-corrected chi connectivity index (χ3v) is 4.08. The number of hydrogen-bond acceptors (Lipinski definition) is 2. The van der Waals surface area contributed by atoms with E-state index in [2.05, 4.69) is 42.9 Å². The van der Waals surface area contributed by atoms with Crippen LogP contribution in [0.4, 0.5) is 0 Å². The summed E-state index contributed by atoms with van der Waals surface area (Å²) in [4.78, 5) is 4.47. The standard InChI is InChI=1S/C13H16BrN3/c14-12-8-10-4-3-7-16-13(10)17(12)9-11-5-1-2-6-15-11/h3-4,7-8,11,15H,1-2,5-6,9H2. The summed E-state index contributed by atoms with van der Waals surface area (Å²) in [6.45, 7) is 2.15. The van der Waals surface area contributed by atoms with E-state index in [1.807, 2.05) is 12.3 Å². The fourth-order valence-corrected chi connectivity index (χ4v) is 3.09. The summed E-state index contributed by atoms with van der Waals surface area (Å²) in [6, 6.07) is 6.82. The maximum atomic E-state index is 4.47. The van der Waals surface area contributed by atoms with Gasteiger partial charge in [0.05, 0.1) is 4.60 Å². The molecule has 0 aromatic carbocycles. The fourth-order valence-electron chi connectivity index (χ4n) is 2.53. The topological polar surface area (TPSA) is 29.9 Å². The van der Waals surface area contributed by atoms with Crippen molar-refractivity contribution in [1.29, 1.82) is 0 Å². The lowest BCUT2D eigenvalue weighted by molar-refractivity contribution is 0.364. The lowest BCUT2D eigenvalue weighted by atomic mass is 10.1. The van der Waals surface area contributed by atoms with Crippen molar-refractivity contribution in [2.24, 2.45) is 0 Å². The van der Waals surface area contributed by atoms with Gasteiger partial charge in [0.25, 0.3) is 0 Å². The molecule has 2 aromatic heterocycles. The lowest BCUT2D eigenvalue weighted by Crippen LogP contribution is -2.37. The number of aromatic nitrogens is 2. The van der Waals surface area contributed by atoms with Crippen LogP contribution in [0.15, 0.2) is 29.0 Å². The second kappa shape index (κ2) is 4.78. The molecule has 90 valence electrons. The van der Waals surface area contributed by atoms with Gasteiger partial charge in [-0.15, -0.1) is 0 Å². The Labute approximate surface area is 109 Å². The van der Waals surface area contributed by atoms with Crippen molar-refractivity contribution in [3.63, 3.8) is 0 Å². The summed E-state index contributed by atoms with van der Waals surface area (Å²) >= 11 is 3.63. The first-order chi connectivity index (χ1) is 8.34. The lowest BCUT2D eigenvalue weighted by Gasteiger charge is -2.24. The third kappa shape index (κ3) is 2.24. The van der Waals surface area contributed by atoms with Crippen molar-refractivity contribution in [1.82, 2.24) is 14.9 Å². The Morgan fingerprint density at radius 2 is 2.41 bits per heavy atom. The van der Waals surface area contributed by atoms with E-state index in [0.717, 1.165) is 23.3 Å². The van der Waals surface area contributed by atoms with Crippen LogP contribution in [0.3, 0.4) is 0 Å². The Morgan fingerprint density at radius 1 is 1.47 bits per heavy atom. The van der Waals surface area contributed by atoms with Crippen LogP contribution in [-0.2, 0) is 6.54 Å². The number of fused-ring (bicyclic) bond motifs is 1. The first-order valence-corrected chi connectivity index (χ1v) is 6.97. The normalized spacial score (nSPS) is 20.9. The van der Waals surface area contributed by atoms with E-state index in [1.165, 1.54) is 24.6 Å². The quantitative estimate of drug-likeness (QED) is 0.923. The van der Waals surface area contributed by atoms with Gasteiger partial charge < -0.3 is 9.88 Å². The predicted molar refractivity (Wildman–Crippen MR) is 73.1 cm³/mol. The average molecular weight is 294 g/mol. The maximum absolute atomic E-state index is 4.47. The minimum absolute atomic E-state index is 0.581. The highest BCUT2D eigenvalue weighted by Crippen LogP contribution is 2.23. The molecule has 4 heteroatoms. The summed E-state index contributed by atoms with van der Waals surface area (Å²) in [5.74, 6) is 0. The molecule has 1 N–H and O–H groups in total. The van der Waals surface area contributed by atoms with Crippen LogP contribution in [0.25, 0.3) is 11.0 Å². The third-order valence-electron chi connectivity index (χ3n) is 3.42. The Bertz CT molecular complexity index is 514. The van der Waals surface area contributed by atoms with Crippen molar-refractivity contribution < 1.29 is 0 Å². The van der Waals surface area contributed by atoms with Crippen molar-refractivity contribution in [3.8, 4) is 0 Å². The number of hydrogen-bond donors (Lipinski definition) is 1. The second-order valence-corrected chi connectivity index (χ2v) is 5.45. The zero-order valence-corrected chi connectivity index (χ0v) is 11.3. The number of nitrogens with zero attached hydrogens (tertiary/aromatic N) is 2. The molecule has 1 aliphatic rings. The van der Waals surface area contributed by atoms with Crippen LogP contribution in [0.1, 0.15) is 19.3 Å². The molecule has 0 radical (unpaired) electrons. The zero-order chi connectivity index (χ0) is 11.7. The Kier molecular flexibility index (Phi) is 3.16. The maximum Gasteiger partial charge on any atom is 0.140 e. The average Bonchev–Trinajstić information content (AvgIpc) is 2.68. The molecule has 0 bridgehead atoms. The minimum atomic E-state index is 0.581. The molecular formula is C13H16BrN3. The van der Waals surface area contributed by atoms with Gasteiger partial charge in [-0.3, -0.25) is 0 Å². The first-order valence-electron chi connectivity index (χ1n) is 6.18. The molecule has 3 nitrogen and oxygen atoms in total. The fraction of sp³-hybridized carbons (Fsp3) is 0.462. The van der Waals surface area contributed by atoms with Crippen LogP contribution >= 0.6 is 15.9 Å². The van der Waals surface area contributed by atoms with Crippen LogP contribution < -0.4 is 5.32 Å². The van der Waals surface area contributed by atoms with Gasteiger partial charge in [-0.1, -0.05) is 6.42 Å². The molecule has 2 aromatic rings. The van der Waals surface area contributed by atoms with Gasteiger partial charge in [0, 0.05) is 24.2 Å². The molecule has 1 fully saturated rings. The summed E-state index contributed by atoms with van der Waals surface area (Å²) in [5.41, 5.74) is 1.08. The molecule has 0 amide bonds. The molecule has 0 spiro atoms. The van der Waals surface area contributed by atoms with Crippen LogP contribution in [0, 0.1) is 0 Å². The number of nitrogens with one attached hydrogen (secondary N) is 1. The predicted octanol–water partition coefficient (Wildman–Crippen LogP) is 2.94. The molecule has 1 saturated heterocycles. The van der Waals surface area contributed by atoms with Gasteiger partial charge in [0.1, 0.15) is 5.65 Å². The minimum Gasteiger partial charge on any atom is -0.318 e. The molecule has 3 heterocycles.